The summed E-state index contributed by atoms with van der Waals surface area (Å²) in [7, 11) is 0. The molecule has 7 nitrogen and oxygen atoms in total. The minimum absolute atomic E-state index is 0.0269. The number of nitrogens with zero attached hydrogens (tertiary/aromatic N) is 7. The number of pyridine rings is 1. The highest BCUT2D eigenvalue weighted by Gasteiger charge is 2.36. The van der Waals surface area contributed by atoms with Gasteiger partial charge in [-0.25, -0.2) is 4.98 Å². The molecule has 1 saturated heterocycles. The molecule has 0 N–H and O–H groups in total. The van der Waals surface area contributed by atoms with E-state index in [1.807, 2.05) is 37.8 Å². The third-order valence-electron chi connectivity index (χ3n) is 6.65. The van der Waals surface area contributed by atoms with E-state index in [4.69, 9.17) is 15.0 Å². The van der Waals surface area contributed by atoms with E-state index >= 15 is 0 Å². The molecule has 1 fully saturated rings. The Balaban J connectivity index is 0.00000274. The maximum absolute atomic E-state index is 13.6. The van der Waals surface area contributed by atoms with Crippen LogP contribution in [-0.4, -0.2) is 58.7 Å². The maximum atomic E-state index is 13.6. The lowest BCUT2D eigenvalue weighted by molar-refractivity contribution is -0.137. The van der Waals surface area contributed by atoms with E-state index in [1.165, 1.54) is 12.3 Å². The molecule has 0 spiro atoms. The van der Waals surface area contributed by atoms with Crippen LogP contribution in [-0.2, 0) is 12.6 Å². The first kappa shape index (κ1) is 32.8. The second kappa shape index (κ2) is 16.0. The quantitative estimate of drug-likeness (QED) is 0.294. The van der Waals surface area contributed by atoms with Crippen LogP contribution in [0.15, 0.2) is 54.8 Å². The van der Waals surface area contributed by atoms with Gasteiger partial charge in [-0.15, -0.1) is 0 Å². The number of anilines is 3. The first-order valence-electron chi connectivity index (χ1n) is 14.2. The van der Waals surface area contributed by atoms with Crippen molar-refractivity contribution >= 4 is 17.7 Å². The van der Waals surface area contributed by atoms with E-state index < -0.39 is 11.7 Å². The van der Waals surface area contributed by atoms with Gasteiger partial charge in [0.1, 0.15) is 11.6 Å². The minimum Gasteiger partial charge on any atom is -0.354 e. The number of aromatic nitrogens is 4. The third kappa shape index (κ3) is 9.06. The molecular weight excluding hydrogens is 515 g/mol. The zero-order chi connectivity index (χ0) is 29.7. The summed E-state index contributed by atoms with van der Waals surface area (Å²) in [5.74, 6) is 1.81. The summed E-state index contributed by atoms with van der Waals surface area (Å²) < 4.78 is 40.8. The molecule has 0 aromatic carbocycles. The van der Waals surface area contributed by atoms with E-state index in [1.54, 1.807) is 11.0 Å². The van der Waals surface area contributed by atoms with Crippen LogP contribution in [0.5, 0.6) is 0 Å². The largest absolute Gasteiger partial charge is 0.419 e. The van der Waals surface area contributed by atoms with Gasteiger partial charge >= 0.3 is 6.18 Å². The zero-order valence-electron chi connectivity index (χ0n) is 24.7. The standard InChI is InChI=1S/C28H38F3N7.C2H6/c1-6-9-12-21(4)14-15-24-33-26(35-27(34-24)38(8-3)22(5)7-2)37-18-11-17-36(19-20-37)25-23(28(29,30)31)13-10-16-32-25;1-2/h6,9-10,12-14,16,22H,1,7-8,11,15,17-20H2,2-5H3;1-2H3/b12-9-,21-14-;. The number of rotatable bonds is 10. The van der Waals surface area contributed by atoms with Gasteiger partial charge in [-0.3, -0.25) is 0 Å². The summed E-state index contributed by atoms with van der Waals surface area (Å²) >= 11 is 0. The van der Waals surface area contributed by atoms with E-state index in [-0.39, 0.29) is 11.9 Å². The van der Waals surface area contributed by atoms with E-state index in [0.717, 1.165) is 24.6 Å². The summed E-state index contributed by atoms with van der Waals surface area (Å²) in [6.07, 6.45) is 6.73. The fraction of sp³-hybridized carbons (Fsp3) is 0.533. The second-order valence-electron chi connectivity index (χ2n) is 9.34. The topological polar surface area (TPSA) is 61.3 Å². The Kier molecular flexibility index (Phi) is 13.1. The van der Waals surface area contributed by atoms with Crippen molar-refractivity contribution in [1.29, 1.82) is 0 Å². The summed E-state index contributed by atoms with van der Waals surface area (Å²) in [5, 5.41) is 0. The first-order valence-corrected chi connectivity index (χ1v) is 14.2. The van der Waals surface area contributed by atoms with Gasteiger partial charge in [0.05, 0.1) is 5.56 Å². The fourth-order valence-corrected chi connectivity index (χ4v) is 4.37. The molecule has 10 heteroatoms. The molecule has 0 saturated carbocycles. The molecule has 1 unspecified atom stereocenters. The molecule has 1 aliphatic heterocycles. The minimum atomic E-state index is -4.46. The molecule has 2 aromatic heterocycles. The number of allylic oxidation sites excluding steroid dienone is 5. The monoisotopic (exact) mass is 559 g/mol. The van der Waals surface area contributed by atoms with Gasteiger partial charge in [0.2, 0.25) is 11.9 Å². The smallest absolute Gasteiger partial charge is 0.354 e. The molecule has 1 atom stereocenters. The summed E-state index contributed by atoms with van der Waals surface area (Å²) in [6, 6.07) is 2.66. The molecule has 220 valence electrons. The predicted molar refractivity (Wildman–Crippen MR) is 159 cm³/mol. The number of hydrogen-bond acceptors (Lipinski definition) is 7. The van der Waals surface area contributed by atoms with Crippen LogP contribution in [0.1, 0.15) is 65.8 Å². The van der Waals surface area contributed by atoms with Crippen LogP contribution >= 0.6 is 0 Å². The molecule has 0 amide bonds. The van der Waals surface area contributed by atoms with Crippen LogP contribution in [0.25, 0.3) is 0 Å². The highest BCUT2D eigenvalue weighted by Crippen LogP contribution is 2.35. The average Bonchev–Trinajstić information content (AvgIpc) is 3.22. The maximum Gasteiger partial charge on any atom is 0.419 e. The van der Waals surface area contributed by atoms with Crippen molar-refractivity contribution in [1.82, 2.24) is 19.9 Å². The van der Waals surface area contributed by atoms with Crippen molar-refractivity contribution in [2.45, 2.75) is 73.0 Å². The van der Waals surface area contributed by atoms with Crippen LogP contribution in [0.4, 0.5) is 30.9 Å². The molecule has 0 bridgehead atoms. The Morgan fingerprint density at radius 2 is 1.80 bits per heavy atom. The summed E-state index contributed by atoms with van der Waals surface area (Å²) in [4.78, 5) is 24.4. The third-order valence-corrected chi connectivity index (χ3v) is 6.65. The van der Waals surface area contributed by atoms with Gasteiger partial charge in [-0.05, 0) is 45.7 Å². The van der Waals surface area contributed by atoms with Crippen LogP contribution in [0.3, 0.4) is 0 Å². The number of alkyl halides is 3. The van der Waals surface area contributed by atoms with Crippen molar-refractivity contribution < 1.29 is 13.2 Å². The molecule has 40 heavy (non-hydrogen) atoms. The SMILES string of the molecule is C=C/C=C\C(C)=C/Cc1nc(N2CCCN(c3ncccc3C(F)(F)F)CC2)nc(N(CC)C(C)CC)n1.CC. The average molecular weight is 560 g/mol. The Bertz CT molecular complexity index is 1130. The Morgan fingerprint density at radius 3 is 2.45 bits per heavy atom. The normalized spacial score (nSPS) is 15.4. The molecule has 0 radical (unpaired) electrons. The lowest BCUT2D eigenvalue weighted by Crippen LogP contribution is -2.36. The Labute approximate surface area is 237 Å². The molecule has 0 aliphatic carbocycles. The van der Waals surface area contributed by atoms with Gasteiger partial charge in [-0.1, -0.05) is 57.2 Å². The highest BCUT2D eigenvalue weighted by molar-refractivity contribution is 5.49. The van der Waals surface area contributed by atoms with Gasteiger partial charge in [-0.2, -0.15) is 28.1 Å². The van der Waals surface area contributed by atoms with Crippen LogP contribution < -0.4 is 14.7 Å². The molecule has 3 rings (SSSR count). The second-order valence-corrected chi connectivity index (χ2v) is 9.34. The molecule has 3 heterocycles. The zero-order valence-corrected chi connectivity index (χ0v) is 24.7. The molecular formula is C30H44F3N7. The van der Waals surface area contributed by atoms with Crippen molar-refractivity contribution in [3.05, 3.63) is 66.2 Å². The van der Waals surface area contributed by atoms with E-state index in [0.29, 0.717) is 56.7 Å². The summed E-state index contributed by atoms with van der Waals surface area (Å²) in [6.45, 7) is 18.8. The lowest BCUT2D eigenvalue weighted by atomic mass is 10.2. The molecule has 1 aliphatic rings. The van der Waals surface area contributed by atoms with Crippen molar-refractivity contribution in [2.75, 3.05) is 47.4 Å². The van der Waals surface area contributed by atoms with Crippen molar-refractivity contribution in [3.8, 4) is 0 Å². The molecule has 2 aromatic rings. The Morgan fingerprint density at radius 1 is 1.10 bits per heavy atom. The van der Waals surface area contributed by atoms with Crippen LogP contribution in [0.2, 0.25) is 0 Å². The van der Waals surface area contributed by atoms with Crippen molar-refractivity contribution in [2.24, 2.45) is 0 Å². The van der Waals surface area contributed by atoms with Gasteiger partial charge in [0, 0.05) is 51.4 Å². The first-order chi connectivity index (χ1) is 19.2. The lowest BCUT2D eigenvalue weighted by Gasteiger charge is -2.29. The highest BCUT2D eigenvalue weighted by atomic mass is 19.4. The van der Waals surface area contributed by atoms with Gasteiger partial charge in [0.15, 0.2) is 0 Å². The number of hydrogen-bond donors (Lipinski definition) is 0. The van der Waals surface area contributed by atoms with Gasteiger partial charge in [0.25, 0.3) is 0 Å². The van der Waals surface area contributed by atoms with Crippen LogP contribution in [0, 0.1) is 0 Å². The van der Waals surface area contributed by atoms with Crippen molar-refractivity contribution in [3.63, 3.8) is 0 Å². The Hall–Kier alpha value is -3.43. The summed E-state index contributed by atoms with van der Waals surface area (Å²) in [5.41, 5.74) is 0.363. The fourth-order valence-electron chi connectivity index (χ4n) is 4.37. The van der Waals surface area contributed by atoms with E-state index in [2.05, 4.69) is 43.3 Å². The van der Waals surface area contributed by atoms with E-state index in [9.17, 15) is 13.2 Å². The number of halogens is 3. The van der Waals surface area contributed by atoms with Gasteiger partial charge < -0.3 is 14.7 Å². The predicted octanol–water partition coefficient (Wildman–Crippen LogP) is 6.88.